The first-order valence-corrected chi connectivity index (χ1v) is 4.88. The van der Waals surface area contributed by atoms with Crippen LogP contribution >= 0.6 is 0 Å². The van der Waals surface area contributed by atoms with Crippen LogP contribution in [0.4, 0.5) is 0 Å². The van der Waals surface area contributed by atoms with Crippen molar-refractivity contribution in [1.29, 1.82) is 0 Å². The van der Waals surface area contributed by atoms with E-state index in [1.54, 1.807) is 0 Å². The normalized spacial score (nSPS) is 17.6. The van der Waals surface area contributed by atoms with E-state index in [0.717, 1.165) is 0 Å². The molecule has 0 amide bonds. The van der Waals surface area contributed by atoms with Crippen LogP contribution in [-0.2, 0) is 0 Å². The van der Waals surface area contributed by atoms with E-state index in [2.05, 4.69) is 26.0 Å². The van der Waals surface area contributed by atoms with Crippen molar-refractivity contribution in [2.75, 3.05) is 0 Å². The molecule has 0 saturated heterocycles. The lowest BCUT2D eigenvalue weighted by Crippen LogP contribution is -2.00. The molecule has 0 N–H and O–H groups in total. The van der Waals surface area contributed by atoms with Gasteiger partial charge in [0.05, 0.1) is 0 Å². The molecule has 1 rings (SSSR count). The van der Waals surface area contributed by atoms with Gasteiger partial charge in [0.25, 0.3) is 0 Å². The first-order valence-electron chi connectivity index (χ1n) is 4.88. The summed E-state index contributed by atoms with van der Waals surface area (Å²) < 4.78 is 0. The molecule has 0 bridgehead atoms. The molecule has 0 aromatic heterocycles. The van der Waals surface area contributed by atoms with E-state index in [4.69, 9.17) is 0 Å². The summed E-state index contributed by atoms with van der Waals surface area (Å²) >= 11 is 0. The van der Waals surface area contributed by atoms with E-state index in [1.165, 1.54) is 12.8 Å². The van der Waals surface area contributed by atoms with Crippen LogP contribution in [0.3, 0.4) is 0 Å². The monoisotopic (exact) mass is 156 g/mol. The lowest BCUT2D eigenvalue weighted by Gasteiger charge is -2.11. The minimum absolute atomic E-state index is 0.514. The molecule has 0 nitrogen and oxygen atoms in total. The van der Waals surface area contributed by atoms with Crippen molar-refractivity contribution >= 4 is 0 Å². The first kappa shape index (κ1) is 13.3. The Bertz CT molecular complexity index is 88.2. The van der Waals surface area contributed by atoms with Gasteiger partial charge in [0, 0.05) is 0 Å². The topological polar surface area (TPSA) is 0 Å². The van der Waals surface area contributed by atoms with Gasteiger partial charge in [0.2, 0.25) is 0 Å². The highest BCUT2D eigenvalue weighted by molar-refractivity contribution is 5.01. The first-order chi connectivity index (χ1) is 5.21. The predicted octanol–water partition coefficient (Wildman–Crippen LogP) is 4.42. The van der Waals surface area contributed by atoms with Gasteiger partial charge >= 0.3 is 0 Å². The second kappa shape index (κ2) is 7.84. The van der Waals surface area contributed by atoms with Crippen LogP contribution in [0, 0.1) is 5.41 Å². The average molecular weight is 156 g/mol. The molecular weight excluding hydrogens is 132 g/mol. The standard InChI is InChI=1S/C7H12.2C2H6/c1-7(2)5-3-4-6-7;2*1-2/h3,5H,4,6H2,1-2H3;2*1-2H3. The molecule has 0 spiro atoms. The number of allylic oxidation sites excluding steroid dienone is 2. The highest BCUT2D eigenvalue weighted by Gasteiger charge is 2.15. The Kier molecular flexibility index (Phi) is 9.51. The summed E-state index contributed by atoms with van der Waals surface area (Å²) in [7, 11) is 0. The average Bonchev–Trinajstić information content (AvgIpc) is 2.43. The van der Waals surface area contributed by atoms with E-state index >= 15 is 0 Å². The second-order valence-corrected chi connectivity index (χ2v) is 2.93. The SMILES string of the molecule is CC.CC.CC1(C)C=CCC1. The van der Waals surface area contributed by atoms with Crippen LogP contribution in [-0.4, -0.2) is 0 Å². The zero-order chi connectivity index (χ0) is 9.33. The van der Waals surface area contributed by atoms with Crippen LogP contribution in [0.2, 0.25) is 0 Å². The molecule has 0 aliphatic heterocycles. The van der Waals surface area contributed by atoms with Crippen LogP contribution < -0.4 is 0 Å². The highest BCUT2D eigenvalue weighted by Crippen LogP contribution is 2.29. The molecule has 0 aromatic carbocycles. The molecule has 0 heteroatoms. The van der Waals surface area contributed by atoms with Crippen molar-refractivity contribution < 1.29 is 0 Å². The maximum absolute atomic E-state index is 2.30. The van der Waals surface area contributed by atoms with E-state index < -0.39 is 0 Å². The summed E-state index contributed by atoms with van der Waals surface area (Å²) in [4.78, 5) is 0. The molecular formula is C11H24. The maximum atomic E-state index is 2.30. The third kappa shape index (κ3) is 7.64. The molecule has 0 saturated carbocycles. The minimum Gasteiger partial charge on any atom is -0.0880 e. The fraction of sp³-hybridized carbons (Fsp3) is 0.818. The summed E-state index contributed by atoms with van der Waals surface area (Å²) in [6, 6.07) is 0. The van der Waals surface area contributed by atoms with Crippen LogP contribution in [0.1, 0.15) is 54.4 Å². The van der Waals surface area contributed by atoms with E-state index in [0.29, 0.717) is 5.41 Å². The van der Waals surface area contributed by atoms with E-state index in [-0.39, 0.29) is 0 Å². The van der Waals surface area contributed by atoms with Gasteiger partial charge in [-0.2, -0.15) is 0 Å². The molecule has 0 atom stereocenters. The van der Waals surface area contributed by atoms with Gasteiger partial charge in [-0.25, -0.2) is 0 Å². The van der Waals surface area contributed by atoms with Gasteiger partial charge in [-0.3, -0.25) is 0 Å². The van der Waals surface area contributed by atoms with Crippen molar-refractivity contribution in [1.82, 2.24) is 0 Å². The summed E-state index contributed by atoms with van der Waals surface area (Å²) in [5, 5.41) is 0. The van der Waals surface area contributed by atoms with Gasteiger partial charge < -0.3 is 0 Å². The van der Waals surface area contributed by atoms with Crippen molar-refractivity contribution in [3.8, 4) is 0 Å². The third-order valence-corrected chi connectivity index (χ3v) is 1.52. The van der Waals surface area contributed by atoms with Gasteiger partial charge in [0.1, 0.15) is 0 Å². The van der Waals surface area contributed by atoms with Gasteiger partial charge in [-0.15, -0.1) is 0 Å². The Balaban J connectivity index is 0. The molecule has 68 valence electrons. The Hall–Kier alpha value is -0.260. The zero-order valence-corrected chi connectivity index (χ0v) is 9.07. The van der Waals surface area contributed by atoms with Crippen molar-refractivity contribution in [3.63, 3.8) is 0 Å². The minimum atomic E-state index is 0.514. The smallest absolute Gasteiger partial charge is 0.0172 e. The molecule has 1 aliphatic carbocycles. The number of rotatable bonds is 0. The Morgan fingerprint density at radius 1 is 1.00 bits per heavy atom. The van der Waals surface area contributed by atoms with Crippen LogP contribution in [0.25, 0.3) is 0 Å². The molecule has 0 radical (unpaired) electrons. The fourth-order valence-electron chi connectivity index (χ4n) is 0.941. The Labute approximate surface area is 72.7 Å². The third-order valence-electron chi connectivity index (χ3n) is 1.52. The lowest BCUT2D eigenvalue weighted by atomic mass is 9.94. The van der Waals surface area contributed by atoms with Crippen molar-refractivity contribution in [3.05, 3.63) is 12.2 Å². The Morgan fingerprint density at radius 2 is 1.45 bits per heavy atom. The van der Waals surface area contributed by atoms with Gasteiger partial charge in [-0.05, 0) is 18.3 Å². The molecule has 0 heterocycles. The maximum Gasteiger partial charge on any atom is -0.0172 e. The summed E-state index contributed by atoms with van der Waals surface area (Å²) in [6.07, 6.45) is 7.19. The van der Waals surface area contributed by atoms with Crippen LogP contribution in [0.15, 0.2) is 12.2 Å². The predicted molar refractivity (Wildman–Crippen MR) is 54.9 cm³/mol. The number of hydrogen-bond donors (Lipinski definition) is 0. The van der Waals surface area contributed by atoms with Gasteiger partial charge in [-0.1, -0.05) is 53.7 Å². The van der Waals surface area contributed by atoms with E-state index in [9.17, 15) is 0 Å². The second-order valence-electron chi connectivity index (χ2n) is 2.93. The summed E-state index contributed by atoms with van der Waals surface area (Å²) in [5.74, 6) is 0. The fourth-order valence-corrected chi connectivity index (χ4v) is 0.941. The zero-order valence-electron chi connectivity index (χ0n) is 9.07. The Morgan fingerprint density at radius 3 is 1.55 bits per heavy atom. The molecule has 0 aromatic rings. The van der Waals surface area contributed by atoms with Crippen molar-refractivity contribution in [2.24, 2.45) is 5.41 Å². The molecule has 11 heavy (non-hydrogen) atoms. The van der Waals surface area contributed by atoms with Crippen molar-refractivity contribution in [2.45, 2.75) is 54.4 Å². The van der Waals surface area contributed by atoms with E-state index in [1.807, 2.05) is 27.7 Å². The molecule has 0 fully saturated rings. The summed E-state index contributed by atoms with van der Waals surface area (Å²) in [6.45, 7) is 12.5. The summed E-state index contributed by atoms with van der Waals surface area (Å²) in [5.41, 5.74) is 0.514. The molecule has 0 unspecified atom stereocenters. The highest BCUT2D eigenvalue weighted by atomic mass is 14.2. The lowest BCUT2D eigenvalue weighted by molar-refractivity contribution is 0.470. The van der Waals surface area contributed by atoms with Gasteiger partial charge in [0.15, 0.2) is 0 Å². The molecule has 1 aliphatic rings. The number of hydrogen-bond acceptors (Lipinski definition) is 0. The largest absolute Gasteiger partial charge is 0.0880 e. The van der Waals surface area contributed by atoms with Crippen LogP contribution in [0.5, 0.6) is 0 Å². The quantitative estimate of drug-likeness (QED) is 0.456.